The third kappa shape index (κ3) is 3.14. The molecule has 5 nitrogen and oxygen atoms in total. The number of ether oxygens (including phenoxy) is 2. The Bertz CT molecular complexity index is 513. The highest BCUT2D eigenvalue weighted by molar-refractivity contribution is 6.40. The summed E-state index contributed by atoms with van der Waals surface area (Å²) in [4.78, 5) is 12.5. The van der Waals surface area contributed by atoms with Gasteiger partial charge >= 0.3 is 0 Å². The Morgan fingerprint density at radius 1 is 1.32 bits per heavy atom. The third-order valence-electron chi connectivity index (χ3n) is 2.82. The second-order valence-electron chi connectivity index (χ2n) is 5.71. The van der Waals surface area contributed by atoms with Crippen LogP contribution in [-0.2, 0) is 0 Å². The van der Waals surface area contributed by atoms with E-state index in [1.807, 2.05) is 0 Å². The number of rotatable bonds is 4. The van der Waals surface area contributed by atoms with E-state index in [9.17, 15) is 9.90 Å². The number of benzene rings is 1. The number of carbonyl (C=O) groups excluding carboxylic acids is 1. The van der Waals surface area contributed by atoms with E-state index in [1.165, 1.54) is 0 Å². The highest BCUT2D eigenvalue weighted by Crippen LogP contribution is 2.33. The highest BCUT2D eigenvalue weighted by Gasteiger charge is 2.33. The van der Waals surface area contributed by atoms with Gasteiger partial charge in [-0.05, 0) is 25.1 Å². The molecule has 2 rings (SSSR count). The summed E-state index contributed by atoms with van der Waals surface area (Å²) in [6.07, 6.45) is 0. The first-order chi connectivity index (χ1) is 8.69. The van der Waals surface area contributed by atoms with Crippen LogP contribution >= 0.6 is 0 Å². The molecule has 1 aliphatic heterocycles. The molecular weight excluding hydrogens is 243 g/mol. The number of nitrogens with one attached hydrogen (secondary N) is 1. The van der Waals surface area contributed by atoms with Gasteiger partial charge in [-0.3, -0.25) is 10.1 Å². The van der Waals surface area contributed by atoms with E-state index in [4.69, 9.17) is 9.47 Å². The number of carbonyl (C=O) groups is 1. The molecule has 1 unspecified atom stereocenters. The number of aliphatic hydroxyl groups is 1. The Labute approximate surface area is 114 Å². The lowest BCUT2D eigenvalue weighted by molar-refractivity contribution is 0.0848. The van der Waals surface area contributed by atoms with Crippen molar-refractivity contribution in [3.8, 4) is 11.5 Å². The number of Topliss-reactive ketones (excluding diaryl/α,β-unsaturated/α-hetero) is 1. The molecule has 2 N–H and O–H groups in total. The van der Waals surface area contributed by atoms with Gasteiger partial charge in [0.2, 0.25) is 6.79 Å². The molecular formula is C11H16B3NO4. The summed E-state index contributed by atoms with van der Waals surface area (Å²) in [7, 11) is 4.93. The van der Waals surface area contributed by atoms with Crippen LogP contribution in [0, 0.1) is 0 Å². The first kappa shape index (κ1) is 14.0. The molecule has 0 aliphatic carbocycles. The summed E-state index contributed by atoms with van der Waals surface area (Å²) < 4.78 is 10.5. The zero-order valence-electron chi connectivity index (χ0n) is 11.6. The van der Waals surface area contributed by atoms with Crippen LogP contribution in [0.5, 0.6) is 11.5 Å². The molecule has 19 heavy (non-hydrogen) atoms. The van der Waals surface area contributed by atoms with Crippen LogP contribution in [0.15, 0.2) is 18.2 Å². The van der Waals surface area contributed by atoms with E-state index in [0.29, 0.717) is 17.1 Å². The van der Waals surface area contributed by atoms with E-state index >= 15 is 0 Å². The molecule has 0 amide bonds. The molecule has 98 valence electrons. The van der Waals surface area contributed by atoms with E-state index in [0.717, 1.165) is 0 Å². The molecule has 1 atom stereocenters. The topological polar surface area (TPSA) is 67.8 Å². The lowest BCUT2D eigenvalue weighted by Gasteiger charge is -2.33. The summed E-state index contributed by atoms with van der Waals surface area (Å²) in [6.45, 7) is 1.91. The predicted octanol–water partition coefficient (Wildman–Crippen LogP) is -2.59. The molecule has 1 heterocycles. The van der Waals surface area contributed by atoms with E-state index in [1.54, 1.807) is 48.7 Å². The quantitative estimate of drug-likeness (QED) is 0.352. The number of hydrogen-bond donors (Lipinski definition) is 2. The lowest BCUT2D eigenvalue weighted by Crippen LogP contribution is -2.61. The van der Waals surface area contributed by atoms with Crippen molar-refractivity contribution in [3.63, 3.8) is 0 Å². The molecule has 0 bridgehead atoms. The van der Waals surface area contributed by atoms with Crippen molar-refractivity contribution in [1.29, 1.82) is 0 Å². The summed E-state index contributed by atoms with van der Waals surface area (Å²) in [5.41, 5.74) is -1.49. The average molecular weight is 259 g/mol. The molecule has 0 saturated carbocycles. The van der Waals surface area contributed by atoms with Crippen LogP contribution in [0.4, 0.5) is 0 Å². The maximum Gasteiger partial charge on any atom is 0.231 e. The Morgan fingerprint density at radius 2 is 1.95 bits per heavy atom. The maximum atomic E-state index is 12.5. The summed E-state index contributed by atoms with van der Waals surface area (Å²) in [5, 5.41) is 12.7. The number of ketones is 1. The summed E-state index contributed by atoms with van der Waals surface area (Å²) in [5.74, 6) is 1.10. The van der Waals surface area contributed by atoms with Gasteiger partial charge in [-0.2, -0.15) is 0 Å². The molecule has 0 spiro atoms. The molecule has 0 fully saturated rings. The number of fused-ring (bicyclic) bond motifs is 1. The summed E-state index contributed by atoms with van der Waals surface area (Å²) >= 11 is 0. The van der Waals surface area contributed by atoms with Crippen molar-refractivity contribution in [3.05, 3.63) is 23.8 Å². The molecule has 1 aromatic carbocycles. The smallest absolute Gasteiger partial charge is 0.231 e. The van der Waals surface area contributed by atoms with Gasteiger partial charge in [0, 0.05) is 16.5 Å². The Balaban J connectivity index is 2.24. The summed E-state index contributed by atoms with van der Waals surface area (Å²) in [6, 6.07) is 5.08. The van der Waals surface area contributed by atoms with E-state index < -0.39 is 11.0 Å². The minimum absolute atomic E-state index is 0.118. The maximum absolute atomic E-state index is 12.5. The fourth-order valence-corrected chi connectivity index (χ4v) is 2.22. The van der Waals surface area contributed by atoms with Gasteiger partial charge in [0.1, 0.15) is 23.5 Å². The van der Waals surface area contributed by atoms with Crippen molar-refractivity contribution >= 4 is 29.3 Å². The Morgan fingerprint density at radius 3 is 2.58 bits per heavy atom. The van der Waals surface area contributed by atoms with Crippen molar-refractivity contribution in [2.75, 3.05) is 6.79 Å². The van der Waals surface area contributed by atoms with Gasteiger partial charge in [0.15, 0.2) is 17.3 Å². The highest BCUT2D eigenvalue weighted by atomic mass is 16.7. The first-order valence-electron chi connectivity index (χ1n) is 6.15. The third-order valence-corrected chi connectivity index (χ3v) is 2.82. The van der Waals surface area contributed by atoms with Gasteiger partial charge in [0.25, 0.3) is 0 Å². The first-order valence-corrected chi connectivity index (χ1v) is 6.15. The zero-order valence-corrected chi connectivity index (χ0v) is 11.6. The van der Waals surface area contributed by atoms with E-state index in [-0.39, 0.29) is 12.6 Å². The predicted molar refractivity (Wildman–Crippen MR) is 79.0 cm³/mol. The van der Waals surface area contributed by atoms with Gasteiger partial charge in [-0.15, -0.1) is 0 Å². The largest absolute Gasteiger partial charge is 0.454 e. The fraction of sp³-hybridized carbons (Fsp3) is 0.364. The van der Waals surface area contributed by atoms with Crippen LogP contribution in [0.3, 0.4) is 0 Å². The number of hydrogen-bond acceptors (Lipinski definition) is 5. The van der Waals surface area contributed by atoms with Gasteiger partial charge in [-0.1, -0.05) is 0 Å². The Kier molecular flexibility index (Phi) is 3.41. The van der Waals surface area contributed by atoms with Gasteiger partial charge < -0.3 is 14.6 Å². The molecule has 0 radical (unpaired) electrons. The van der Waals surface area contributed by atoms with Crippen LogP contribution in [-0.4, -0.2) is 52.2 Å². The lowest BCUT2D eigenvalue weighted by atomic mass is 9.66. The minimum atomic E-state index is -1.13. The van der Waals surface area contributed by atoms with Gasteiger partial charge in [0.05, 0.1) is 0 Å². The van der Waals surface area contributed by atoms with Crippen molar-refractivity contribution in [1.82, 2.24) is 5.32 Å². The monoisotopic (exact) mass is 259 g/mol. The molecule has 0 saturated heterocycles. The van der Waals surface area contributed by atoms with Crippen LogP contribution in [0.1, 0.15) is 17.3 Å². The molecule has 1 aliphatic rings. The van der Waals surface area contributed by atoms with Crippen molar-refractivity contribution in [2.24, 2.45) is 0 Å². The molecule has 8 heteroatoms. The van der Waals surface area contributed by atoms with Crippen molar-refractivity contribution < 1.29 is 19.4 Å². The van der Waals surface area contributed by atoms with Crippen LogP contribution < -0.4 is 14.8 Å². The second-order valence-corrected chi connectivity index (χ2v) is 5.71. The van der Waals surface area contributed by atoms with Crippen LogP contribution in [0.25, 0.3) is 0 Å². The standard InChI is InChI=1S/C11H16B3NO4/c1-10(12,15-11(13,14)17)9(16)6-2-3-7-8(4-6)19-5-18-7/h2-4,15,17H,5,12-14H2,1H3. The molecule has 1 aromatic rings. The fourth-order valence-electron chi connectivity index (χ4n) is 2.22. The zero-order chi connectivity index (χ0) is 14.3. The normalized spacial score (nSPS) is 16.9. The van der Waals surface area contributed by atoms with Crippen LogP contribution in [0.2, 0.25) is 0 Å². The Hall–Kier alpha value is -1.40. The minimum Gasteiger partial charge on any atom is -0.454 e. The van der Waals surface area contributed by atoms with E-state index in [2.05, 4.69) is 5.32 Å². The molecule has 0 aromatic heterocycles. The van der Waals surface area contributed by atoms with Crippen molar-refractivity contribution in [2.45, 2.75) is 17.9 Å². The second kappa shape index (κ2) is 4.61. The van der Waals surface area contributed by atoms with Gasteiger partial charge in [-0.25, -0.2) is 0 Å². The average Bonchev–Trinajstić information content (AvgIpc) is 2.71. The SMILES string of the molecule is BC(B)(O)NC(B)(C)C(=O)c1ccc2c(c1)OCO2.